The second-order valence-corrected chi connectivity index (χ2v) is 5.21. The van der Waals surface area contributed by atoms with Crippen LogP contribution in [0.1, 0.15) is 32.6 Å². The van der Waals surface area contributed by atoms with Gasteiger partial charge in [0, 0.05) is 6.54 Å². The summed E-state index contributed by atoms with van der Waals surface area (Å²) >= 11 is 0. The highest BCUT2D eigenvalue weighted by atomic mass is 16.5. The summed E-state index contributed by atoms with van der Waals surface area (Å²) in [5, 5.41) is 9.27. The number of carbonyl (C=O) groups is 2. The molecule has 1 N–H and O–H groups in total. The van der Waals surface area contributed by atoms with Gasteiger partial charge in [-0.05, 0) is 37.8 Å². The highest BCUT2D eigenvalue weighted by Crippen LogP contribution is 2.21. The Bertz CT molecular complexity index is 488. The summed E-state index contributed by atoms with van der Waals surface area (Å²) in [6.45, 7) is 2.36. The topological polar surface area (TPSA) is 66.8 Å². The number of piperidine rings is 1. The number of benzene rings is 1. The zero-order chi connectivity index (χ0) is 15.2. The van der Waals surface area contributed by atoms with Gasteiger partial charge >= 0.3 is 5.97 Å². The van der Waals surface area contributed by atoms with Crippen LogP contribution in [0, 0.1) is 0 Å². The molecule has 114 valence electrons. The fourth-order valence-electron chi connectivity index (χ4n) is 2.61. The van der Waals surface area contributed by atoms with Gasteiger partial charge in [0.2, 0.25) is 0 Å². The number of hydrogen-bond acceptors (Lipinski definition) is 3. The molecule has 0 saturated carbocycles. The number of para-hydroxylation sites is 1. The Balaban J connectivity index is 2.09. The summed E-state index contributed by atoms with van der Waals surface area (Å²) in [6, 6.07) is 8.42. The largest absolute Gasteiger partial charge is 0.481 e. The number of nitrogens with zero attached hydrogens (tertiary/aromatic N) is 1. The van der Waals surface area contributed by atoms with E-state index in [0.29, 0.717) is 25.1 Å². The zero-order valence-corrected chi connectivity index (χ0v) is 12.2. The molecule has 2 rings (SSSR count). The van der Waals surface area contributed by atoms with Crippen LogP contribution in [0.5, 0.6) is 5.75 Å². The molecule has 1 amide bonds. The van der Waals surface area contributed by atoms with Crippen molar-refractivity contribution in [2.24, 2.45) is 0 Å². The van der Waals surface area contributed by atoms with E-state index in [2.05, 4.69) is 0 Å². The number of amides is 1. The van der Waals surface area contributed by atoms with Crippen molar-refractivity contribution in [1.29, 1.82) is 0 Å². The quantitative estimate of drug-likeness (QED) is 0.904. The zero-order valence-electron chi connectivity index (χ0n) is 12.2. The molecule has 21 heavy (non-hydrogen) atoms. The van der Waals surface area contributed by atoms with E-state index in [1.165, 1.54) is 4.90 Å². The van der Waals surface area contributed by atoms with Gasteiger partial charge in [-0.3, -0.25) is 4.79 Å². The highest BCUT2D eigenvalue weighted by Gasteiger charge is 2.35. The Labute approximate surface area is 124 Å². The number of carbonyl (C=O) groups excluding carboxylic acids is 1. The van der Waals surface area contributed by atoms with E-state index in [4.69, 9.17) is 4.74 Å². The molecule has 0 aliphatic carbocycles. The van der Waals surface area contributed by atoms with Crippen LogP contribution in [0.3, 0.4) is 0 Å². The molecule has 1 heterocycles. The Morgan fingerprint density at radius 2 is 2.05 bits per heavy atom. The molecule has 0 spiro atoms. The van der Waals surface area contributed by atoms with Gasteiger partial charge < -0.3 is 14.7 Å². The molecule has 1 aromatic rings. The minimum atomic E-state index is -0.933. The Kier molecular flexibility index (Phi) is 5.20. The maximum absolute atomic E-state index is 12.6. The van der Waals surface area contributed by atoms with Crippen LogP contribution >= 0.6 is 0 Å². The number of rotatable bonds is 5. The minimum Gasteiger partial charge on any atom is -0.481 e. The van der Waals surface area contributed by atoms with E-state index < -0.39 is 18.1 Å². The predicted molar refractivity (Wildman–Crippen MR) is 78.1 cm³/mol. The molecule has 5 nitrogen and oxygen atoms in total. The van der Waals surface area contributed by atoms with E-state index in [9.17, 15) is 14.7 Å². The van der Waals surface area contributed by atoms with E-state index in [0.717, 1.165) is 12.8 Å². The second kappa shape index (κ2) is 7.11. The number of ether oxygens (including phenoxy) is 1. The van der Waals surface area contributed by atoms with Gasteiger partial charge in [0.25, 0.3) is 5.91 Å². The molecule has 5 heteroatoms. The first kappa shape index (κ1) is 15.4. The standard InChI is InChI=1S/C16H21NO4/c1-2-14(21-12-8-4-3-5-9-12)15(18)17-11-7-6-10-13(17)16(19)20/h3-5,8-9,13-14H,2,6-7,10-11H2,1H3,(H,19,20)/t13-,14?/m1/s1. The second-order valence-electron chi connectivity index (χ2n) is 5.21. The number of aliphatic carboxylic acids is 1. The predicted octanol–water partition coefficient (Wildman–Crippen LogP) is 2.31. The number of carboxylic acid groups (broad SMARTS) is 1. The number of likely N-dealkylation sites (tertiary alicyclic amines) is 1. The first-order chi connectivity index (χ1) is 10.1. The molecule has 1 aliphatic rings. The van der Waals surface area contributed by atoms with Crippen LogP contribution < -0.4 is 4.74 Å². The Hall–Kier alpha value is -2.04. The van der Waals surface area contributed by atoms with Gasteiger partial charge in [0.05, 0.1) is 0 Å². The van der Waals surface area contributed by atoms with E-state index in [1.807, 2.05) is 25.1 Å². The van der Waals surface area contributed by atoms with Crippen molar-refractivity contribution in [2.45, 2.75) is 44.8 Å². The first-order valence-electron chi connectivity index (χ1n) is 7.38. The first-order valence-corrected chi connectivity index (χ1v) is 7.38. The molecule has 1 aliphatic heterocycles. The molecule has 2 atom stereocenters. The molecular formula is C16H21NO4. The van der Waals surface area contributed by atoms with Gasteiger partial charge in [0.1, 0.15) is 11.8 Å². The molecule has 1 aromatic carbocycles. The fourth-order valence-corrected chi connectivity index (χ4v) is 2.61. The van der Waals surface area contributed by atoms with Crippen LogP contribution in [0.4, 0.5) is 0 Å². The molecule has 0 bridgehead atoms. The molecule has 1 fully saturated rings. The van der Waals surface area contributed by atoms with Crippen LogP contribution in [0.25, 0.3) is 0 Å². The van der Waals surface area contributed by atoms with Crippen molar-refractivity contribution in [3.63, 3.8) is 0 Å². The van der Waals surface area contributed by atoms with Gasteiger partial charge in [-0.1, -0.05) is 25.1 Å². The average molecular weight is 291 g/mol. The van der Waals surface area contributed by atoms with Gasteiger partial charge in [-0.15, -0.1) is 0 Å². The van der Waals surface area contributed by atoms with Crippen molar-refractivity contribution in [3.05, 3.63) is 30.3 Å². The van der Waals surface area contributed by atoms with Crippen LogP contribution in [-0.2, 0) is 9.59 Å². The molecule has 1 unspecified atom stereocenters. The van der Waals surface area contributed by atoms with E-state index >= 15 is 0 Å². The maximum Gasteiger partial charge on any atom is 0.326 e. The summed E-state index contributed by atoms with van der Waals surface area (Å²) in [4.78, 5) is 25.4. The smallest absolute Gasteiger partial charge is 0.326 e. The van der Waals surface area contributed by atoms with Crippen molar-refractivity contribution in [2.75, 3.05) is 6.54 Å². The lowest BCUT2D eigenvalue weighted by atomic mass is 10.0. The lowest BCUT2D eigenvalue weighted by molar-refractivity contribution is -0.155. The molecule has 0 aromatic heterocycles. The van der Waals surface area contributed by atoms with Gasteiger partial charge in [-0.2, -0.15) is 0 Å². The van der Waals surface area contributed by atoms with Crippen molar-refractivity contribution >= 4 is 11.9 Å². The van der Waals surface area contributed by atoms with Crippen molar-refractivity contribution < 1.29 is 19.4 Å². The summed E-state index contributed by atoms with van der Waals surface area (Å²) in [5.74, 6) is -0.535. The SMILES string of the molecule is CCC(Oc1ccccc1)C(=O)N1CCCC[C@@H]1C(=O)O. The third kappa shape index (κ3) is 3.74. The lowest BCUT2D eigenvalue weighted by Crippen LogP contribution is -2.52. The van der Waals surface area contributed by atoms with Crippen LogP contribution in [-0.4, -0.2) is 40.6 Å². The Morgan fingerprint density at radius 1 is 1.33 bits per heavy atom. The van der Waals surface area contributed by atoms with Crippen molar-refractivity contribution in [1.82, 2.24) is 4.90 Å². The molecule has 0 radical (unpaired) electrons. The summed E-state index contributed by atoms with van der Waals surface area (Å²) in [7, 11) is 0. The van der Waals surface area contributed by atoms with Gasteiger partial charge in [-0.25, -0.2) is 4.79 Å². The summed E-state index contributed by atoms with van der Waals surface area (Å²) in [6.07, 6.45) is 2.08. The van der Waals surface area contributed by atoms with Gasteiger partial charge in [0.15, 0.2) is 6.10 Å². The summed E-state index contributed by atoms with van der Waals surface area (Å²) < 4.78 is 5.72. The van der Waals surface area contributed by atoms with Crippen LogP contribution in [0.15, 0.2) is 30.3 Å². The van der Waals surface area contributed by atoms with E-state index in [1.54, 1.807) is 12.1 Å². The fraction of sp³-hybridized carbons (Fsp3) is 0.500. The highest BCUT2D eigenvalue weighted by molar-refractivity contribution is 5.86. The number of hydrogen-bond donors (Lipinski definition) is 1. The minimum absolute atomic E-state index is 0.228. The van der Waals surface area contributed by atoms with Crippen LogP contribution in [0.2, 0.25) is 0 Å². The third-order valence-electron chi connectivity index (χ3n) is 3.74. The molecular weight excluding hydrogens is 270 g/mol. The maximum atomic E-state index is 12.6. The average Bonchev–Trinajstić information content (AvgIpc) is 2.53. The number of carboxylic acids is 1. The third-order valence-corrected chi connectivity index (χ3v) is 3.74. The summed E-state index contributed by atoms with van der Waals surface area (Å²) in [5.41, 5.74) is 0. The molecule has 1 saturated heterocycles. The lowest BCUT2D eigenvalue weighted by Gasteiger charge is -2.35. The van der Waals surface area contributed by atoms with Crippen molar-refractivity contribution in [3.8, 4) is 5.75 Å². The monoisotopic (exact) mass is 291 g/mol. The normalized spacial score (nSPS) is 19.9. The Morgan fingerprint density at radius 3 is 2.67 bits per heavy atom. The van der Waals surface area contributed by atoms with E-state index in [-0.39, 0.29) is 5.91 Å².